The highest BCUT2D eigenvalue weighted by Crippen LogP contribution is 2.29. The summed E-state index contributed by atoms with van der Waals surface area (Å²) in [6, 6.07) is 11.4. The Bertz CT molecular complexity index is 573. The first-order valence-electron chi connectivity index (χ1n) is 4.94. The van der Waals surface area contributed by atoms with Gasteiger partial charge >= 0.3 is 0 Å². The number of hydrogen-bond donors (Lipinski definition) is 0. The molecule has 0 fully saturated rings. The van der Waals surface area contributed by atoms with Gasteiger partial charge in [0, 0.05) is 11.8 Å². The maximum absolute atomic E-state index is 8.70. The topological polar surface area (TPSA) is 45.9 Å². The number of rotatable bonds is 2. The van der Waals surface area contributed by atoms with Crippen molar-refractivity contribution >= 4 is 15.9 Å². The predicted molar refractivity (Wildman–Crippen MR) is 68.6 cm³/mol. The van der Waals surface area contributed by atoms with E-state index in [1.54, 1.807) is 19.4 Å². The van der Waals surface area contributed by atoms with Gasteiger partial charge in [-0.05, 0) is 46.3 Å². The lowest BCUT2D eigenvalue weighted by Gasteiger charge is -2.05. The lowest BCUT2D eigenvalue weighted by Crippen LogP contribution is -1.87. The smallest absolute Gasteiger partial charge is 0.133 e. The van der Waals surface area contributed by atoms with Crippen LogP contribution in [0.4, 0.5) is 0 Å². The molecule has 0 unspecified atom stereocenters. The highest BCUT2D eigenvalue weighted by Gasteiger charge is 2.04. The minimum Gasteiger partial charge on any atom is -0.496 e. The van der Waals surface area contributed by atoms with Crippen LogP contribution in [-0.2, 0) is 0 Å². The third-order valence-electron chi connectivity index (χ3n) is 2.34. The van der Waals surface area contributed by atoms with E-state index in [9.17, 15) is 0 Å². The molecule has 0 N–H and O–H groups in total. The third kappa shape index (κ3) is 2.45. The van der Waals surface area contributed by atoms with Crippen LogP contribution in [0.5, 0.6) is 5.75 Å². The summed E-state index contributed by atoms with van der Waals surface area (Å²) >= 11 is 3.43. The number of aromatic nitrogens is 1. The van der Waals surface area contributed by atoms with Crippen molar-refractivity contribution in [3.05, 3.63) is 46.6 Å². The molecule has 0 spiro atoms. The van der Waals surface area contributed by atoms with E-state index in [0.717, 1.165) is 21.5 Å². The van der Waals surface area contributed by atoms with Crippen molar-refractivity contribution < 1.29 is 4.74 Å². The van der Waals surface area contributed by atoms with Crippen LogP contribution in [0.1, 0.15) is 5.56 Å². The molecule has 0 atom stereocenters. The van der Waals surface area contributed by atoms with E-state index in [1.807, 2.05) is 30.3 Å². The summed E-state index contributed by atoms with van der Waals surface area (Å²) < 4.78 is 6.04. The van der Waals surface area contributed by atoms with Crippen molar-refractivity contribution in [1.82, 2.24) is 4.98 Å². The fourth-order valence-corrected chi connectivity index (χ4v) is 2.00. The van der Waals surface area contributed by atoms with Gasteiger partial charge in [0.05, 0.1) is 22.8 Å². The fourth-order valence-electron chi connectivity index (χ4n) is 1.46. The van der Waals surface area contributed by atoms with Crippen LogP contribution in [0.2, 0.25) is 0 Å². The summed E-state index contributed by atoms with van der Waals surface area (Å²) in [6.45, 7) is 0. The lowest BCUT2D eigenvalue weighted by atomic mass is 10.1. The Morgan fingerprint density at radius 1 is 1.29 bits per heavy atom. The van der Waals surface area contributed by atoms with Crippen molar-refractivity contribution in [2.24, 2.45) is 0 Å². The quantitative estimate of drug-likeness (QED) is 0.851. The summed E-state index contributed by atoms with van der Waals surface area (Å²) in [5.74, 6) is 0.780. The first kappa shape index (κ1) is 11.6. The molecule has 0 amide bonds. The van der Waals surface area contributed by atoms with E-state index in [0.29, 0.717) is 5.56 Å². The molecule has 0 aliphatic heterocycles. The van der Waals surface area contributed by atoms with Gasteiger partial charge < -0.3 is 4.74 Å². The van der Waals surface area contributed by atoms with Crippen LogP contribution in [0.25, 0.3) is 11.3 Å². The van der Waals surface area contributed by atoms with Crippen molar-refractivity contribution in [3.8, 4) is 23.1 Å². The molecule has 2 aromatic rings. The van der Waals surface area contributed by atoms with Gasteiger partial charge in [-0.1, -0.05) is 0 Å². The lowest BCUT2D eigenvalue weighted by molar-refractivity contribution is 0.412. The summed E-state index contributed by atoms with van der Waals surface area (Å²) in [4.78, 5) is 4.23. The molecule has 3 nitrogen and oxygen atoms in total. The molecule has 1 aromatic carbocycles. The number of hydrogen-bond acceptors (Lipinski definition) is 3. The van der Waals surface area contributed by atoms with E-state index in [2.05, 4.69) is 20.9 Å². The SMILES string of the molecule is COc1ccc(-c2ccc(C#N)cn2)cc1Br. The number of methoxy groups -OCH3 is 1. The Balaban J connectivity index is 2.40. The molecular formula is C13H9BrN2O. The van der Waals surface area contributed by atoms with E-state index in [-0.39, 0.29) is 0 Å². The molecule has 0 saturated carbocycles. The van der Waals surface area contributed by atoms with E-state index in [1.165, 1.54) is 0 Å². The predicted octanol–water partition coefficient (Wildman–Crippen LogP) is 3.39. The Hall–Kier alpha value is -1.86. The zero-order valence-electron chi connectivity index (χ0n) is 9.14. The Labute approximate surface area is 108 Å². The molecule has 4 heteroatoms. The molecule has 0 aliphatic rings. The van der Waals surface area contributed by atoms with Crippen LogP contribution in [0.15, 0.2) is 41.0 Å². The number of nitrogens with zero attached hydrogens (tertiary/aromatic N) is 2. The Morgan fingerprint density at radius 3 is 2.65 bits per heavy atom. The Morgan fingerprint density at radius 2 is 2.12 bits per heavy atom. The second kappa shape index (κ2) is 4.98. The second-order valence-corrected chi connectivity index (χ2v) is 4.25. The fraction of sp³-hybridized carbons (Fsp3) is 0.0769. The molecule has 0 bridgehead atoms. The van der Waals surface area contributed by atoms with E-state index < -0.39 is 0 Å². The molecule has 84 valence electrons. The van der Waals surface area contributed by atoms with Gasteiger partial charge in [-0.2, -0.15) is 5.26 Å². The van der Waals surface area contributed by atoms with Crippen molar-refractivity contribution in [3.63, 3.8) is 0 Å². The number of pyridine rings is 1. The normalized spacial score (nSPS) is 9.71. The molecular weight excluding hydrogens is 280 g/mol. The summed E-state index contributed by atoms with van der Waals surface area (Å²) in [5.41, 5.74) is 2.36. The van der Waals surface area contributed by atoms with Crippen molar-refractivity contribution in [1.29, 1.82) is 5.26 Å². The molecule has 17 heavy (non-hydrogen) atoms. The van der Waals surface area contributed by atoms with Gasteiger partial charge in [-0.3, -0.25) is 4.98 Å². The van der Waals surface area contributed by atoms with Crippen LogP contribution in [0.3, 0.4) is 0 Å². The molecule has 1 aromatic heterocycles. The van der Waals surface area contributed by atoms with Gasteiger partial charge in [-0.15, -0.1) is 0 Å². The van der Waals surface area contributed by atoms with Crippen LogP contribution in [0, 0.1) is 11.3 Å². The number of halogens is 1. The summed E-state index contributed by atoms with van der Waals surface area (Å²) in [7, 11) is 1.62. The van der Waals surface area contributed by atoms with Gasteiger partial charge in [0.15, 0.2) is 0 Å². The van der Waals surface area contributed by atoms with E-state index in [4.69, 9.17) is 10.00 Å². The first-order chi connectivity index (χ1) is 8.24. The zero-order valence-corrected chi connectivity index (χ0v) is 10.7. The highest BCUT2D eigenvalue weighted by atomic mass is 79.9. The van der Waals surface area contributed by atoms with Crippen molar-refractivity contribution in [2.45, 2.75) is 0 Å². The third-order valence-corrected chi connectivity index (χ3v) is 2.96. The number of benzene rings is 1. The minimum atomic E-state index is 0.557. The molecule has 1 heterocycles. The van der Waals surface area contributed by atoms with Gasteiger partial charge in [0.25, 0.3) is 0 Å². The molecule has 0 aliphatic carbocycles. The first-order valence-corrected chi connectivity index (χ1v) is 5.74. The average molecular weight is 289 g/mol. The molecule has 0 radical (unpaired) electrons. The maximum Gasteiger partial charge on any atom is 0.133 e. The molecule has 0 saturated heterocycles. The standard InChI is InChI=1S/C13H9BrN2O/c1-17-13-5-3-10(6-11(13)14)12-4-2-9(7-15)8-16-12/h2-6,8H,1H3. The Kier molecular flexibility index (Phi) is 3.40. The zero-order chi connectivity index (χ0) is 12.3. The van der Waals surface area contributed by atoms with Crippen LogP contribution < -0.4 is 4.74 Å². The second-order valence-electron chi connectivity index (χ2n) is 3.39. The van der Waals surface area contributed by atoms with E-state index >= 15 is 0 Å². The summed E-state index contributed by atoms with van der Waals surface area (Å²) in [6.07, 6.45) is 1.56. The van der Waals surface area contributed by atoms with Crippen LogP contribution in [-0.4, -0.2) is 12.1 Å². The van der Waals surface area contributed by atoms with Crippen LogP contribution >= 0.6 is 15.9 Å². The van der Waals surface area contributed by atoms with Gasteiger partial charge in [0.2, 0.25) is 0 Å². The maximum atomic E-state index is 8.70. The van der Waals surface area contributed by atoms with Crippen molar-refractivity contribution in [2.75, 3.05) is 7.11 Å². The molecule has 2 rings (SSSR count). The monoisotopic (exact) mass is 288 g/mol. The highest BCUT2D eigenvalue weighted by molar-refractivity contribution is 9.10. The number of ether oxygens (including phenoxy) is 1. The average Bonchev–Trinajstić information content (AvgIpc) is 2.39. The number of nitriles is 1. The largest absolute Gasteiger partial charge is 0.496 e. The summed E-state index contributed by atoms with van der Waals surface area (Å²) in [5, 5.41) is 8.70. The minimum absolute atomic E-state index is 0.557. The van der Waals surface area contributed by atoms with Gasteiger partial charge in [0.1, 0.15) is 11.8 Å². The van der Waals surface area contributed by atoms with Gasteiger partial charge in [-0.25, -0.2) is 0 Å².